The average molecular weight is 385 g/mol. The van der Waals surface area contributed by atoms with E-state index in [9.17, 15) is 0 Å². The van der Waals surface area contributed by atoms with Crippen molar-refractivity contribution >= 4 is 16.5 Å². The predicted molar refractivity (Wildman–Crippen MR) is 107 cm³/mol. The molecule has 1 fully saturated rings. The molecule has 7 heteroatoms. The molecule has 0 N–H and O–H groups in total. The molecule has 3 aromatic rings. The summed E-state index contributed by atoms with van der Waals surface area (Å²) in [6.45, 7) is 6.85. The Bertz CT molecular complexity index is 874. The lowest BCUT2D eigenvalue weighted by Gasteiger charge is -2.20. The average Bonchev–Trinajstić information content (AvgIpc) is 3.27. The van der Waals surface area contributed by atoms with E-state index in [2.05, 4.69) is 25.1 Å². The zero-order valence-electron chi connectivity index (χ0n) is 15.7. The van der Waals surface area contributed by atoms with Crippen molar-refractivity contribution in [3.8, 4) is 17.1 Å². The molecule has 0 atom stereocenters. The number of hydrogen-bond donors (Lipinski definition) is 0. The quantitative estimate of drug-likeness (QED) is 0.666. The minimum atomic E-state index is 0.737. The molecule has 0 bridgehead atoms. The molecular formula is C20H24N4O2S. The third kappa shape index (κ3) is 4.31. The van der Waals surface area contributed by atoms with Crippen molar-refractivity contribution in [3.63, 3.8) is 0 Å². The smallest absolute Gasteiger partial charge is 0.209 e. The number of methoxy groups -OCH3 is 1. The number of rotatable bonds is 5. The highest BCUT2D eigenvalue weighted by Crippen LogP contribution is 2.24. The summed E-state index contributed by atoms with van der Waals surface area (Å²) in [6.07, 6.45) is 2.92. The van der Waals surface area contributed by atoms with Crippen LogP contribution in [0, 0.1) is 6.92 Å². The maximum absolute atomic E-state index is 5.98. The van der Waals surface area contributed by atoms with E-state index in [1.807, 2.05) is 31.2 Å². The lowest BCUT2D eigenvalue weighted by atomic mass is 10.2. The largest absolute Gasteiger partial charge is 0.497 e. The van der Waals surface area contributed by atoms with Gasteiger partial charge in [-0.15, -0.1) is 11.3 Å². The SMILES string of the molecule is COc1ccc(-c2cnc(CN3CCCN(c4nc(C)cs4)CC3)o2)cc1. The molecular weight excluding hydrogens is 360 g/mol. The minimum absolute atomic E-state index is 0.737. The molecule has 0 spiro atoms. The summed E-state index contributed by atoms with van der Waals surface area (Å²) in [5.74, 6) is 2.39. The van der Waals surface area contributed by atoms with E-state index < -0.39 is 0 Å². The normalized spacial score (nSPS) is 15.7. The zero-order valence-corrected chi connectivity index (χ0v) is 16.5. The fraction of sp³-hybridized carbons (Fsp3) is 0.400. The summed E-state index contributed by atoms with van der Waals surface area (Å²) in [7, 11) is 1.67. The van der Waals surface area contributed by atoms with E-state index in [4.69, 9.17) is 9.15 Å². The van der Waals surface area contributed by atoms with Crippen molar-refractivity contribution in [2.75, 3.05) is 38.2 Å². The van der Waals surface area contributed by atoms with Gasteiger partial charge in [0.2, 0.25) is 5.89 Å². The summed E-state index contributed by atoms with van der Waals surface area (Å²) in [5.41, 5.74) is 2.11. The number of thiazole rings is 1. The summed E-state index contributed by atoms with van der Waals surface area (Å²) in [4.78, 5) is 13.9. The number of benzene rings is 1. The summed E-state index contributed by atoms with van der Waals surface area (Å²) >= 11 is 1.73. The van der Waals surface area contributed by atoms with Crippen LogP contribution in [0.25, 0.3) is 11.3 Å². The number of oxazole rings is 1. The van der Waals surface area contributed by atoms with Crippen LogP contribution in [-0.2, 0) is 6.54 Å². The lowest BCUT2D eigenvalue weighted by molar-refractivity contribution is 0.256. The van der Waals surface area contributed by atoms with Crippen molar-refractivity contribution in [1.82, 2.24) is 14.9 Å². The van der Waals surface area contributed by atoms with E-state index in [-0.39, 0.29) is 0 Å². The van der Waals surface area contributed by atoms with Gasteiger partial charge in [-0.25, -0.2) is 9.97 Å². The molecule has 1 aromatic carbocycles. The molecule has 6 nitrogen and oxygen atoms in total. The van der Waals surface area contributed by atoms with Gasteiger partial charge in [0, 0.05) is 37.1 Å². The second-order valence-corrected chi connectivity index (χ2v) is 7.57. The van der Waals surface area contributed by atoms with Crippen LogP contribution in [0.2, 0.25) is 0 Å². The fourth-order valence-corrected chi connectivity index (χ4v) is 4.13. The van der Waals surface area contributed by atoms with Crippen molar-refractivity contribution < 1.29 is 9.15 Å². The van der Waals surface area contributed by atoms with Gasteiger partial charge in [-0.05, 0) is 37.6 Å². The van der Waals surface area contributed by atoms with Crippen LogP contribution in [0.3, 0.4) is 0 Å². The van der Waals surface area contributed by atoms with Crippen LogP contribution in [0.1, 0.15) is 18.0 Å². The van der Waals surface area contributed by atoms with Gasteiger partial charge >= 0.3 is 0 Å². The van der Waals surface area contributed by atoms with Gasteiger partial charge in [-0.2, -0.15) is 0 Å². The molecule has 4 rings (SSSR count). The molecule has 2 aromatic heterocycles. The second kappa shape index (κ2) is 8.10. The molecule has 27 heavy (non-hydrogen) atoms. The Labute approximate surface area is 163 Å². The molecule has 1 aliphatic heterocycles. The van der Waals surface area contributed by atoms with Crippen molar-refractivity contribution in [2.24, 2.45) is 0 Å². The van der Waals surface area contributed by atoms with E-state index in [1.54, 1.807) is 24.6 Å². The Morgan fingerprint density at radius 3 is 2.74 bits per heavy atom. The molecule has 142 valence electrons. The summed E-state index contributed by atoms with van der Waals surface area (Å²) in [6, 6.07) is 7.84. The van der Waals surface area contributed by atoms with Gasteiger partial charge in [-0.1, -0.05) is 0 Å². The molecule has 0 saturated carbocycles. The van der Waals surface area contributed by atoms with Gasteiger partial charge in [0.1, 0.15) is 5.75 Å². The number of aromatic nitrogens is 2. The van der Waals surface area contributed by atoms with E-state index in [1.165, 1.54) is 0 Å². The molecule has 0 aliphatic carbocycles. The Morgan fingerprint density at radius 1 is 1.15 bits per heavy atom. The third-order valence-corrected chi connectivity index (χ3v) is 5.77. The Balaban J connectivity index is 1.37. The highest BCUT2D eigenvalue weighted by molar-refractivity contribution is 7.13. The van der Waals surface area contributed by atoms with Crippen molar-refractivity contribution in [2.45, 2.75) is 19.9 Å². The fourth-order valence-electron chi connectivity index (χ4n) is 3.27. The summed E-state index contributed by atoms with van der Waals surface area (Å²) in [5, 5.41) is 3.25. The van der Waals surface area contributed by atoms with Gasteiger partial charge in [0.25, 0.3) is 0 Å². The van der Waals surface area contributed by atoms with Gasteiger partial charge in [-0.3, -0.25) is 4.90 Å². The standard InChI is InChI=1S/C20H24N4O2S/c1-15-14-27-20(22-15)24-9-3-8-23(10-11-24)13-19-21-12-18(26-19)16-4-6-17(25-2)7-5-16/h4-7,12,14H,3,8-11,13H2,1-2H3. The van der Waals surface area contributed by atoms with Crippen LogP contribution in [-0.4, -0.2) is 48.2 Å². The Hall–Kier alpha value is -2.38. The van der Waals surface area contributed by atoms with Crippen LogP contribution in [0.15, 0.2) is 40.3 Å². The first-order valence-corrected chi connectivity index (χ1v) is 10.1. The predicted octanol–water partition coefficient (Wildman–Crippen LogP) is 3.83. The second-order valence-electron chi connectivity index (χ2n) is 6.73. The van der Waals surface area contributed by atoms with Crippen LogP contribution in [0.5, 0.6) is 5.75 Å². The summed E-state index contributed by atoms with van der Waals surface area (Å²) < 4.78 is 11.2. The first-order valence-electron chi connectivity index (χ1n) is 9.20. The Kier molecular flexibility index (Phi) is 5.40. The van der Waals surface area contributed by atoms with Gasteiger partial charge < -0.3 is 14.1 Å². The highest BCUT2D eigenvalue weighted by Gasteiger charge is 2.19. The highest BCUT2D eigenvalue weighted by atomic mass is 32.1. The number of nitrogens with zero attached hydrogens (tertiary/aromatic N) is 4. The lowest BCUT2D eigenvalue weighted by Crippen LogP contribution is -2.30. The molecule has 0 radical (unpaired) electrons. The van der Waals surface area contributed by atoms with Crippen LogP contribution in [0.4, 0.5) is 5.13 Å². The van der Waals surface area contributed by atoms with Gasteiger partial charge in [0.05, 0.1) is 25.5 Å². The minimum Gasteiger partial charge on any atom is -0.497 e. The number of anilines is 1. The van der Waals surface area contributed by atoms with Crippen molar-refractivity contribution in [3.05, 3.63) is 47.4 Å². The zero-order chi connectivity index (χ0) is 18.6. The van der Waals surface area contributed by atoms with Crippen LogP contribution >= 0.6 is 11.3 Å². The third-order valence-electron chi connectivity index (χ3n) is 4.75. The monoisotopic (exact) mass is 384 g/mol. The first kappa shape index (κ1) is 18.0. The van der Waals surface area contributed by atoms with E-state index >= 15 is 0 Å². The molecule has 1 aliphatic rings. The first-order chi connectivity index (χ1) is 13.2. The topological polar surface area (TPSA) is 54.6 Å². The maximum atomic E-state index is 5.98. The maximum Gasteiger partial charge on any atom is 0.209 e. The van der Waals surface area contributed by atoms with E-state index in [0.29, 0.717) is 0 Å². The molecule has 1 saturated heterocycles. The number of ether oxygens (including phenoxy) is 1. The number of hydrogen-bond acceptors (Lipinski definition) is 7. The van der Waals surface area contributed by atoms with Crippen LogP contribution < -0.4 is 9.64 Å². The molecule has 0 amide bonds. The number of aryl methyl sites for hydroxylation is 1. The molecule has 0 unspecified atom stereocenters. The Morgan fingerprint density at radius 2 is 2.00 bits per heavy atom. The van der Waals surface area contributed by atoms with Crippen molar-refractivity contribution in [1.29, 1.82) is 0 Å². The van der Waals surface area contributed by atoms with E-state index in [0.717, 1.165) is 72.9 Å². The molecule has 3 heterocycles. The van der Waals surface area contributed by atoms with Gasteiger partial charge in [0.15, 0.2) is 10.9 Å².